The quantitative estimate of drug-likeness (QED) is 0.740. The van der Waals surface area contributed by atoms with Crippen LogP contribution in [0.1, 0.15) is 68.8 Å². The maximum atomic E-state index is 12.1. The Hall–Kier alpha value is -1.92. The van der Waals surface area contributed by atoms with E-state index in [0.717, 1.165) is 18.7 Å². The fraction of sp³-hybridized carbons (Fsp3) is 0.714. The number of aliphatic carboxylic acids is 1. The van der Waals surface area contributed by atoms with Gasteiger partial charge in [0.15, 0.2) is 0 Å². The van der Waals surface area contributed by atoms with Crippen molar-refractivity contribution >= 4 is 11.9 Å². The van der Waals surface area contributed by atoms with E-state index in [1.807, 2.05) is 20.8 Å². The summed E-state index contributed by atoms with van der Waals surface area (Å²) in [5, 5.41) is 18.4. The first-order chi connectivity index (χ1) is 9.74. The molecule has 7 heteroatoms. The molecular formula is C14H22N4O3. The van der Waals surface area contributed by atoms with E-state index in [-0.39, 0.29) is 17.7 Å². The van der Waals surface area contributed by atoms with Crippen LogP contribution in [0.5, 0.6) is 0 Å². The van der Waals surface area contributed by atoms with Gasteiger partial charge in [-0.05, 0) is 24.7 Å². The first-order valence-electron chi connectivity index (χ1n) is 7.19. The fourth-order valence-corrected chi connectivity index (χ4v) is 2.29. The first kappa shape index (κ1) is 15.5. The van der Waals surface area contributed by atoms with Crippen LogP contribution >= 0.6 is 0 Å². The average Bonchev–Trinajstić information content (AvgIpc) is 3.03. The van der Waals surface area contributed by atoms with Crippen molar-refractivity contribution in [3.8, 4) is 0 Å². The van der Waals surface area contributed by atoms with Crippen molar-refractivity contribution in [2.24, 2.45) is 5.41 Å². The van der Waals surface area contributed by atoms with Crippen molar-refractivity contribution < 1.29 is 14.7 Å². The summed E-state index contributed by atoms with van der Waals surface area (Å²) in [7, 11) is 0. The second-order valence-electron chi connectivity index (χ2n) is 6.85. The minimum absolute atomic E-state index is 0.0778. The molecule has 1 saturated carbocycles. The molecule has 1 aliphatic carbocycles. The molecule has 1 aromatic heterocycles. The lowest BCUT2D eigenvalue weighted by atomic mass is 9.87. The number of hydrogen-bond donors (Lipinski definition) is 3. The number of aromatic amines is 1. The van der Waals surface area contributed by atoms with Gasteiger partial charge >= 0.3 is 5.97 Å². The first-order valence-corrected chi connectivity index (χ1v) is 7.19. The molecule has 2 rings (SSSR count). The molecule has 1 amide bonds. The molecule has 1 atom stereocenters. The monoisotopic (exact) mass is 294 g/mol. The van der Waals surface area contributed by atoms with E-state index >= 15 is 0 Å². The van der Waals surface area contributed by atoms with Gasteiger partial charge in [0, 0.05) is 12.0 Å². The second-order valence-corrected chi connectivity index (χ2v) is 6.85. The van der Waals surface area contributed by atoms with E-state index in [2.05, 4.69) is 20.5 Å². The molecule has 0 aliphatic heterocycles. The predicted octanol–water partition coefficient (Wildman–Crippen LogP) is 1.69. The SMILES string of the molecule is CC(C)(C)CC(CC(=O)O)NC(=O)c1n[nH]c(C2CC2)n1. The molecule has 116 valence electrons. The zero-order chi connectivity index (χ0) is 15.6. The Balaban J connectivity index is 1.99. The molecule has 1 unspecified atom stereocenters. The molecule has 3 N–H and O–H groups in total. The zero-order valence-electron chi connectivity index (χ0n) is 12.6. The van der Waals surface area contributed by atoms with Crippen LogP contribution in [0.3, 0.4) is 0 Å². The van der Waals surface area contributed by atoms with Gasteiger partial charge in [0.1, 0.15) is 5.82 Å². The molecule has 1 heterocycles. The van der Waals surface area contributed by atoms with Gasteiger partial charge in [0.2, 0.25) is 5.82 Å². The Morgan fingerprint density at radius 3 is 2.62 bits per heavy atom. The number of carbonyl (C=O) groups excluding carboxylic acids is 1. The lowest BCUT2D eigenvalue weighted by Gasteiger charge is -2.25. The molecule has 1 aliphatic rings. The van der Waals surface area contributed by atoms with Crippen LogP contribution in [0.15, 0.2) is 0 Å². The number of nitrogens with one attached hydrogen (secondary N) is 2. The van der Waals surface area contributed by atoms with Crippen molar-refractivity contribution in [2.75, 3.05) is 0 Å². The lowest BCUT2D eigenvalue weighted by Crippen LogP contribution is -2.39. The number of carboxylic acid groups (broad SMARTS) is 1. The molecule has 0 aromatic carbocycles. The standard InChI is InChI=1S/C14H22N4O3/c1-14(2,3)7-9(6-10(19)20)15-13(21)12-16-11(17-18-12)8-4-5-8/h8-9H,4-7H2,1-3H3,(H,15,21)(H,19,20)(H,16,17,18). The average molecular weight is 294 g/mol. The Bertz CT molecular complexity index is 529. The molecule has 0 saturated heterocycles. The topological polar surface area (TPSA) is 108 Å². The molecular weight excluding hydrogens is 272 g/mol. The van der Waals surface area contributed by atoms with Gasteiger partial charge in [0.25, 0.3) is 5.91 Å². The van der Waals surface area contributed by atoms with Gasteiger partial charge in [-0.1, -0.05) is 20.8 Å². The molecule has 0 bridgehead atoms. The maximum Gasteiger partial charge on any atom is 0.305 e. The number of hydrogen-bond acceptors (Lipinski definition) is 4. The summed E-state index contributed by atoms with van der Waals surface area (Å²) in [5.74, 6) is -0.137. The van der Waals surface area contributed by atoms with E-state index in [1.165, 1.54) is 0 Å². The van der Waals surface area contributed by atoms with Gasteiger partial charge < -0.3 is 10.4 Å². The van der Waals surface area contributed by atoms with Crippen molar-refractivity contribution in [3.05, 3.63) is 11.6 Å². The van der Waals surface area contributed by atoms with Gasteiger partial charge in [-0.2, -0.15) is 0 Å². The number of carboxylic acids is 1. The second kappa shape index (κ2) is 5.83. The van der Waals surface area contributed by atoms with Crippen LogP contribution in [0.2, 0.25) is 0 Å². The molecule has 21 heavy (non-hydrogen) atoms. The summed E-state index contributed by atoms with van der Waals surface area (Å²) in [4.78, 5) is 27.2. The predicted molar refractivity (Wildman–Crippen MR) is 75.9 cm³/mol. The van der Waals surface area contributed by atoms with Gasteiger partial charge in [-0.15, -0.1) is 5.10 Å². The zero-order valence-corrected chi connectivity index (χ0v) is 12.6. The Labute approximate surface area is 123 Å². The van der Waals surface area contributed by atoms with Crippen LogP contribution in [-0.4, -0.2) is 38.2 Å². The highest BCUT2D eigenvalue weighted by molar-refractivity contribution is 5.90. The third-order valence-corrected chi connectivity index (χ3v) is 3.28. The number of H-pyrrole nitrogens is 1. The maximum absolute atomic E-state index is 12.1. The summed E-state index contributed by atoms with van der Waals surface area (Å²) in [5.41, 5.74) is -0.0778. The number of amides is 1. The van der Waals surface area contributed by atoms with E-state index in [4.69, 9.17) is 5.11 Å². The van der Waals surface area contributed by atoms with Crippen LogP contribution in [0, 0.1) is 5.41 Å². The smallest absolute Gasteiger partial charge is 0.305 e. The van der Waals surface area contributed by atoms with E-state index in [1.54, 1.807) is 0 Å². The van der Waals surface area contributed by atoms with Gasteiger partial charge in [0.05, 0.1) is 6.42 Å². The Kier molecular flexibility index (Phi) is 4.29. The summed E-state index contributed by atoms with van der Waals surface area (Å²) in [6, 6.07) is -0.433. The largest absolute Gasteiger partial charge is 0.481 e. The number of carbonyl (C=O) groups is 2. The van der Waals surface area contributed by atoms with Crippen LogP contribution in [-0.2, 0) is 4.79 Å². The van der Waals surface area contributed by atoms with Crippen molar-refractivity contribution in [1.82, 2.24) is 20.5 Å². The van der Waals surface area contributed by atoms with E-state index in [0.29, 0.717) is 12.3 Å². The molecule has 7 nitrogen and oxygen atoms in total. The Morgan fingerprint density at radius 2 is 2.10 bits per heavy atom. The number of nitrogens with zero attached hydrogens (tertiary/aromatic N) is 2. The molecule has 1 aromatic rings. The summed E-state index contributed by atoms with van der Waals surface area (Å²) in [6.45, 7) is 6.02. The van der Waals surface area contributed by atoms with Gasteiger partial charge in [-0.3, -0.25) is 14.7 Å². The third kappa shape index (κ3) is 4.84. The normalized spacial score (nSPS) is 16.5. The minimum atomic E-state index is -0.932. The molecule has 0 spiro atoms. The number of aromatic nitrogens is 3. The summed E-state index contributed by atoms with van der Waals surface area (Å²) in [6.07, 6.45) is 2.61. The van der Waals surface area contributed by atoms with Crippen molar-refractivity contribution in [1.29, 1.82) is 0 Å². The third-order valence-electron chi connectivity index (χ3n) is 3.28. The highest BCUT2D eigenvalue weighted by Crippen LogP contribution is 2.37. The number of rotatable bonds is 6. The molecule has 0 radical (unpaired) electrons. The summed E-state index contributed by atoms with van der Waals surface area (Å²) < 4.78 is 0. The highest BCUT2D eigenvalue weighted by atomic mass is 16.4. The van der Waals surface area contributed by atoms with Crippen LogP contribution < -0.4 is 5.32 Å². The van der Waals surface area contributed by atoms with Crippen LogP contribution in [0.25, 0.3) is 0 Å². The summed E-state index contributed by atoms with van der Waals surface area (Å²) >= 11 is 0. The van der Waals surface area contributed by atoms with Crippen molar-refractivity contribution in [3.63, 3.8) is 0 Å². The fourth-order valence-electron chi connectivity index (χ4n) is 2.29. The van der Waals surface area contributed by atoms with Gasteiger partial charge in [-0.25, -0.2) is 4.98 Å². The van der Waals surface area contributed by atoms with Crippen molar-refractivity contribution in [2.45, 2.75) is 58.4 Å². The highest BCUT2D eigenvalue weighted by Gasteiger charge is 2.29. The van der Waals surface area contributed by atoms with Crippen LogP contribution in [0.4, 0.5) is 0 Å². The van der Waals surface area contributed by atoms with E-state index in [9.17, 15) is 9.59 Å². The Morgan fingerprint density at radius 1 is 1.43 bits per heavy atom. The van der Waals surface area contributed by atoms with E-state index < -0.39 is 17.9 Å². The minimum Gasteiger partial charge on any atom is -0.481 e. The lowest BCUT2D eigenvalue weighted by molar-refractivity contribution is -0.137. The molecule has 1 fully saturated rings.